The second-order valence-corrected chi connectivity index (χ2v) is 5.38. The average Bonchev–Trinajstić information content (AvgIpc) is 2.99. The van der Waals surface area contributed by atoms with Gasteiger partial charge in [0.2, 0.25) is 5.91 Å². The molecule has 8 heteroatoms. The number of para-hydroxylation sites is 1. The number of amides is 2. The van der Waals surface area contributed by atoms with E-state index in [2.05, 4.69) is 10.6 Å². The second-order valence-electron chi connectivity index (χ2n) is 5.38. The highest BCUT2D eigenvalue weighted by atomic mass is 16.5. The van der Waals surface area contributed by atoms with E-state index in [0.717, 1.165) is 0 Å². The lowest BCUT2D eigenvalue weighted by Gasteiger charge is -2.10. The summed E-state index contributed by atoms with van der Waals surface area (Å²) in [4.78, 5) is 35.0. The van der Waals surface area contributed by atoms with Gasteiger partial charge in [-0.05, 0) is 32.0 Å². The van der Waals surface area contributed by atoms with Crippen LogP contribution in [0.1, 0.15) is 39.2 Å². The van der Waals surface area contributed by atoms with Crippen LogP contribution in [0.15, 0.2) is 34.7 Å². The van der Waals surface area contributed by atoms with Crippen molar-refractivity contribution in [1.29, 1.82) is 0 Å². The number of carboxylic acids is 1. The summed E-state index contributed by atoms with van der Waals surface area (Å²) in [6.07, 6.45) is 0. The minimum Gasteiger partial charge on any atom is -0.493 e. The molecule has 8 nitrogen and oxygen atoms in total. The van der Waals surface area contributed by atoms with Crippen molar-refractivity contribution in [2.45, 2.75) is 20.4 Å². The topological polar surface area (TPSA) is 118 Å². The number of carbonyl (C=O) groups is 3. The van der Waals surface area contributed by atoms with E-state index >= 15 is 0 Å². The van der Waals surface area contributed by atoms with Crippen molar-refractivity contribution in [3.8, 4) is 5.75 Å². The van der Waals surface area contributed by atoms with E-state index in [1.807, 2.05) is 6.92 Å². The van der Waals surface area contributed by atoms with Crippen molar-refractivity contribution in [2.75, 3.05) is 13.2 Å². The molecular formula is C18H20N2O6. The Labute approximate surface area is 150 Å². The van der Waals surface area contributed by atoms with E-state index in [9.17, 15) is 14.4 Å². The Morgan fingerprint density at radius 3 is 2.54 bits per heavy atom. The molecule has 26 heavy (non-hydrogen) atoms. The van der Waals surface area contributed by atoms with Crippen molar-refractivity contribution in [2.24, 2.45) is 0 Å². The molecule has 3 N–H and O–H groups in total. The van der Waals surface area contributed by atoms with Crippen molar-refractivity contribution >= 4 is 17.8 Å². The first-order valence-corrected chi connectivity index (χ1v) is 8.01. The standard InChI is InChI=1S/C18H20N2O6/c1-3-25-15-7-5-4-6-13(15)17(22)20-10-16(21)19-9-12-8-14(18(23)24)11(2)26-12/h4-8H,3,9-10H2,1-2H3,(H,19,21)(H,20,22)(H,23,24). The zero-order valence-electron chi connectivity index (χ0n) is 14.5. The highest BCUT2D eigenvalue weighted by Crippen LogP contribution is 2.17. The highest BCUT2D eigenvalue weighted by molar-refractivity contribution is 5.98. The molecule has 2 rings (SSSR count). The van der Waals surface area contributed by atoms with Gasteiger partial charge >= 0.3 is 5.97 Å². The van der Waals surface area contributed by atoms with Gasteiger partial charge in [0.15, 0.2) is 0 Å². The summed E-state index contributed by atoms with van der Waals surface area (Å²) in [5, 5.41) is 14.0. The molecule has 0 spiro atoms. The third-order valence-electron chi connectivity index (χ3n) is 3.50. The number of carbonyl (C=O) groups excluding carboxylic acids is 2. The Morgan fingerprint density at radius 1 is 1.15 bits per heavy atom. The van der Waals surface area contributed by atoms with Gasteiger partial charge in [0, 0.05) is 0 Å². The Hall–Kier alpha value is -3.29. The molecular weight excluding hydrogens is 340 g/mol. The zero-order chi connectivity index (χ0) is 19.1. The van der Waals surface area contributed by atoms with Crippen LogP contribution in [0.4, 0.5) is 0 Å². The highest BCUT2D eigenvalue weighted by Gasteiger charge is 2.15. The summed E-state index contributed by atoms with van der Waals surface area (Å²) in [6.45, 7) is 3.56. The maximum atomic E-state index is 12.2. The summed E-state index contributed by atoms with van der Waals surface area (Å²) in [5.74, 6) is -0.919. The fourth-order valence-corrected chi connectivity index (χ4v) is 2.28. The molecule has 0 aliphatic rings. The molecule has 0 saturated heterocycles. The van der Waals surface area contributed by atoms with Gasteiger partial charge < -0.3 is 24.9 Å². The van der Waals surface area contributed by atoms with Gasteiger partial charge in [0.05, 0.1) is 25.3 Å². The predicted molar refractivity (Wildman–Crippen MR) is 92.2 cm³/mol. The molecule has 138 valence electrons. The number of aryl methyl sites for hydroxylation is 1. The molecule has 0 unspecified atom stereocenters. The van der Waals surface area contributed by atoms with E-state index < -0.39 is 17.8 Å². The smallest absolute Gasteiger partial charge is 0.339 e. The number of hydrogen-bond donors (Lipinski definition) is 3. The molecule has 0 bridgehead atoms. The summed E-state index contributed by atoms with van der Waals surface area (Å²) in [6, 6.07) is 8.10. The number of furan rings is 1. The number of ether oxygens (including phenoxy) is 1. The van der Waals surface area contributed by atoms with Crippen LogP contribution in [0, 0.1) is 6.92 Å². The van der Waals surface area contributed by atoms with Crippen molar-refractivity contribution in [3.05, 3.63) is 53.0 Å². The lowest BCUT2D eigenvalue weighted by Crippen LogP contribution is -2.36. The Bertz CT molecular complexity index is 812. The number of carboxylic acid groups (broad SMARTS) is 1. The van der Waals surface area contributed by atoms with Crippen LogP contribution in [-0.4, -0.2) is 36.0 Å². The fourth-order valence-electron chi connectivity index (χ4n) is 2.28. The van der Waals surface area contributed by atoms with Crippen molar-refractivity contribution in [3.63, 3.8) is 0 Å². The van der Waals surface area contributed by atoms with Crippen LogP contribution in [0.2, 0.25) is 0 Å². The van der Waals surface area contributed by atoms with Crippen LogP contribution < -0.4 is 15.4 Å². The third kappa shape index (κ3) is 4.85. The molecule has 0 atom stereocenters. The number of benzene rings is 1. The fraction of sp³-hybridized carbons (Fsp3) is 0.278. The molecule has 0 saturated carbocycles. The van der Waals surface area contributed by atoms with E-state index in [-0.39, 0.29) is 24.4 Å². The first kappa shape index (κ1) is 19.0. The predicted octanol–water partition coefficient (Wildman–Crippen LogP) is 1.73. The van der Waals surface area contributed by atoms with E-state index in [1.165, 1.54) is 13.0 Å². The van der Waals surface area contributed by atoms with Crippen molar-refractivity contribution < 1.29 is 28.6 Å². The summed E-state index contributed by atoms with van der Waals surface area (Å²) >= 11 is 0. The van der Waals surface area contributed by atoms with Gasteiger partial charge in [-0.25, -0.2) is 4.79 Å². The van der Waals surface area contributed by atoms with E-state index in [0.29, 0.717) is 23.7 Å². The van der Waals surface area contributed by atoms with Crippen molar-refractivity contribution in [1.82, 2.24) is 10.6 Å². The summed E-state index contributed by atoms with van der Waals surface area (Å²) < 4.78 is 10.6. The molecule has 1 aromatic heterocycles. The average molecular weight is 360 g/mol. The largest absolute Gasteiger partial charge is 0.493 e. The number of nitrogens with one attached hydrogen (secondary N) is 2. The second kappa shape index (κ2) is 8.70. The maximum absolute atomic E-state index is 12.2. The molecule has 2 aromatic rings. The molecule has 1 heterocycles. The lowest BCUT2D eigenvalue weighted by atomic mass is 10.2. The van der Waals surface area contributed by atoms with Crippen LogP contribution in [-0.2, 0) is 11.3 Å². The molecule has 0 radical (unpaired) electrons. The Balaban J connectivity index is 1.86. The number of hydrogen-bond acceptors (Lipinski definition) is 5. The van der Waals surface area contributed by atoms with Crippen LogP contribution in [0.5, 0.6) is 5.75 Å². The summed E-state index contributed by atoms with van der Waals surface area (Å²) in [5.41, 5.74) is 0.394. The SMILES string of the molecule is CCOc1ccccc1C(=O)NCC(=O)NCc1cc(C(=O)O)c(C)o1. The maximum Gasteiger partial charge on any atom is 0.339 e. The van der Waals surface area contributed by atoms with Gasteiger partial charge in [-0.2, -0.15) is 0 Å². The Kier molecular flexibility index (Phi) is 6.37. The molecule has 0 aliphatic carbocycles. The number of rotatable bonds is 8. The lowest BCUT2D eigenvalue weighted by molar-refractivity contribution is -0.120. The Morgan fingerprint density at radius 2 is 1.88 bits per heavy atom. The molecule has 0 fully saturated rings. The summed E-state index contributed by atoms with van der Waals surface area (Å²) in [7, 11) is 0. The van der Waals surface area contributed by atoms with Gasteiger partial charge in [0.1, 0.15) is 22.8 Å². The van der Waals surface area contributed by atoms with Crippen LogP contribution in [0.25, 0.3) is 0 Å². The normalized spacial score (nSPS) is 10.2. The third-order valence-corrected chi connectivity index (χ3v) is 3.50. The zero-order valence-corrected chi connectivity index (χ0v) is 14.5. The number of aromatic carboxylic acids is 1. The molecule has 1 aromatic carbocycles. The van der Waals surface area contributed by atoms with E-state index in [4.69, 9.17) is 14.3 Å². The molecule has 2 amide bonds. The molecule has 0 aliphatic heterocycles. The monoisotopic (exact) mass is 360 g/mol. The van der Waals surface area contributed by atoms with Gasteiger partial charge in [-0.3, -0.25) is 9.59 Å². The minimum atomic E-state index is -1.09. The van der Waals surface area contributed by atoms with Gasteiger partial charge in [0.25, 0.3) is 5.91 Å². The quantitative estimate of drug-likeness (QED) is 0.660. The van der Waals surface area contributed by atoms with E-state index in [1.54, 1.807) is 24.3 Å². The van der Waals surface area contributed by atoms with Crippen LogP contribution >= 0.6 is 0 Å². The first-order chi connectivity index (χ1) is 12.4. The van der Waals surface area contributed by atoms with Crippen LogP contribution in [0.3, 0.4) is 0 Å². The first-order valence-electron chi connectivity index (χ1n) is 8.01. The van der Waals surface area contributed by atoms with Gasteiger partial charge in [-0.1, -0.05) is 12.1 Å². The minimum absolute atomic E-state index is 0.0261. The van der Waals surface area contributed by atoms with Gasteiger partial charge in [-0.15, -0.1) is 0 Å².